The van der Waals surface area contributed by atoms with E-state index in [1.807, 2.05) is 36.4 Å². The summed E-state index contributed by atoms with van der Waals surface area (Å²) in [7, 11) is 1.68. The minimum Gasteiger partial charge on any atom is -0.495 e. The van der Waals surface area contributed by atoms with Gasteiger partial charge in [-0.15, -0.1) is 0 Å². The van der Waals surface area contributed by atoms with Gasteiger partial charge in [-0.2, -0.15) is 0 Å². The molecule has 1 aliphatic heterocycles. The van der Waals surface area contributed by atoms with Gasteiger partial charge in [0.1, 0.15) is 23.2 Å². The summed E-state index contributed by atoms with van der Waals surface area (Å²) in [6.07, 6.45) is 5.06. The lowest BCUT2D eigenvalue weighted by molar-refractivity contribution is 0.00883. The molecule has 1 aliphatic rings. The second-order valence-electron chi connectivity index (χ2n) is 5.68. The number of methoxy groups -OCH3 is 1. The van der Waals surface area contributed by atoms with Crippen LogP contribution in [0.3, 0.4) is 0 Å². The molecule has 1 fully saturated rings. The molecule has 1 unspecified atom stereocenters. The van der Waals surface area contributed by atoms with E-state index in [1.54, 1.807) is 13.3 Å². The Morgan fingerprint density at radius 2 is 2.09 bits per heavy atom. The molecule has 4 rings (SSSR count). The summed E-state index contributed by atoms with van der Waals surface area (Å²) in [5, 5.41) is 0. The average Bonchev–Trinajstić information content (AvgIpc) is 3.02. The number of hydrogen-bond acceptors (Lipinski definition) is 4. The largest absolute Gasteiger partial charge is 0.495 e. The predicted molar refractivity (Wildman–Crippen MR) is 88.0 cm³/mol. The highest BCUT2D eigenvalue weighted by Gasteiger charge is 2.25. The van der Waals surface area contributed by atoms with Crippen LogP contribution in [0.25, 0.3) is 16.9 Å². The van der Waals surface area contributed by atoms with Gasteiger partial charge in [-0.05, 0) is 43.5 Å². The summed E-state index contributed by atoms with van der Waals surface area (Å²) < 4.78 is 13.6. The van der Waals surface area contributed by atoms with Gasteiger partial charge in [-0.25, -0.2) is 9.97 Å². The standard InChI is InChI=1S/C18H19N3O2/c1-22-15-9-3-2-8-14(15)21-17-13(7-6-11-19-17)20-18(21)16-10-4-5-12-23-16/h2-3,6-9,11,16H,4-5,10,12H2,1H3. The highest BCUT2D eigenvalue weighted by molar-refractivity contribution is 5.75. The minimum absolute atomic E-state index is 0.00265. The number of pyridine rings is 1. The first-order chi connectivity index (χ1) is 11.4. The van der Waals surface area contributed by atoms with Crippen molar-refractivity contribution in [3.63, 3.8) is 0 Å². The lowest BCUT2D eigenvalue weighted by Crippen LogP contribution is -2.16. The summed E-state index contributed by atoms with van der Waals surface area (Å²) in [5.41, 5.74) is 2.66. The Kier molecular flexibility index (Phi) is 3.71. The Morgan fingerprint density at radius 3 is 2.91 bits per heavy atom. The smallest absolute Gasteiger partial charge is 0.164 e. The zero-order valence-corrected chi connectivity index (χ0v) is 13.1. The third kappa shape index (κ3) is 2.47. The summed E-state index contributed by atoms with van der Waals surface area (Å²) >= 11 is 0. The fourth-order valence-corrected chi connectivity index (χ4v) is 3.14. The Hall–Kier alpha value is -2.40. The van der Waals surface area contributed by atoms with Crippen molar-refractivity contribution < 1.29 is 9.47 Å². The van der Waals surface area contributed by atoms with Crippen molar-refractivity contribution in [2.75, 3.05) is 13.7 Å². The van der Waals surface area contributed by atoms with Crippen molar-refractivity contribution in [3.05, 3.63) is 48.4 Å². The van der Waals surface area contributed by atoms with Gasteiger partial charge in [0.15, 0.2) is 5.65 Å². The van der Waals surface area contributed by atoms with Gasteiger partial charge in [0.2, 0.25) is 0 Å². The number of nitrogens with zero attached hydrogens (tertiary/aromatic N) is 3. The molecule has 0 spiro atoms. The monoisotopic (exact) mass is 309 g/mol. The van der Waals surface area contributed by atoms with E-state index in [2.05, 4.69) is 9.55 Å². The summed E-state index contributed by atoms with van der Waals surface area (Å²) in [4.78, 5) is 9.35. The van der Waals surface area contributed by atoms with Crippen molar-refractivity contribution >= 4 is 11.2 Å². The molecule has 1 atom stereocenters. The van der Waals surface area contributed by atoms with E-state index in [0.29, 0.717) is 0 Å². The summed E-state index contributed by atoms with van der Waals surface area (Å²) in [6.45, 7) is 0.785. The van der Waals surface area contributed by atoms with Crippen LogP contribution in [0.4, 0.5) is 0 Å². The maximum atomic E-state index is 5.98. The van der Waals surface area contributed by atoms with E-state index in [1.165, 1.54) is 0 Å². The lowest BCUT2D eigenvalue weighted by Gasteiger charge is -2.23. The van der Waals surface area contributed by atoms with Crippen LogP contribution in [-0.2, 0) is 4.74 Å². The van der Waals surface area contributed by atoms with Crippen molar-refractivity contribution in [1.29, 1.82) is 0 Å². The van der Waals surface area contributed by atoms with Crippen molar-refractivity contribution in [1.82, 2.24) is 14.5 Å². The summed E-state index contributed by atoms with van der Waals surface area (Å²) in [5.74, 6) is 1.71. The second-order valence-corrected chi connectivity index (χ2v) is 5.68. The molecule has 1 saturated heterocycles. The highest BCUT2D eigenvalue weighted by atomic mass is 16.5. The molecule has 0 radical (unpaired) electrons. The first-order valence-electron chi connectivity index (χ1n) is 7.97. The average molecular weight is 309 g/mol. The zero-order valence-electron chi connectivity index (χ0n) is 13.1. The summed E-state index contributed by atoms with van der Waals surface area (Å²) in [6, 6.07) is 11.8. The predicted octanol–water partition coefficient (Wildman–Crippen LogP) is 3.67. The number of imidazole rings is 1. The van der Waals surface area contributed by atoms with E-state index in [9.17, 15) is 0 Å². The molecule has 5 heteroatoms. The zero-order chi connectivity index (χ0) is 15.6. The fraction of sp³-hybridized carbons (Fsp3) is 0.333. The third-order valence-electron chi connectivity index (χ3n) is 4.24. The molecule has 0 N–H and O–H groups in total. The number of hydrogen-bond donors (Lipinski definition) is 0. The van der Waals surface area contributed by atoms with Gasteiger partial charge in [0.25, 0.3) is 0 Å². The molecule has 1 aromatic carbocycles. The van der Waals surface area contributed by atoms with Gasteiger partial charge < -0.3 is 9.47 Å². The molecule has 0 aliphatic carbocycles. The molecule has 118 valence electrons. The lowest BCUT2D eigenvalue weighted by atomic mass is 10.1. The first kappa shape index (κ1) is 14.2. The maximum absolute atomic E-state index is 5.98. The normalized spacial score (nSPS) is 18.2. The minimum atomic E-state index is 0.00265. The molecule has 3 heterocycles. The molecule has 5 nitrogen and oxygen atoms in total. The highest BCUT2D eigenvalue weighted by Crippen LogP contribution is 2.34. The van der Waals surface area contributed by atoms with Gasteiger partial charge >= 0.3 is 0 Å². The molecular formula is C18H19N3O2. The Bertz CT molecular complexity index is 822. The molecule has 0 amide bonds. The van der Waals surface area contributed by atoms with Crippen LogP contribution in [-0.4, -0.2) is 28.3 Å². The van der Waals surface area contributed by atoms with Crippen LogP contribution in [0.15, 0.2) is 42.6 Å². The number of aromatic nitrogens is 3. The van der Waals surface area contributed by atoms with Crippen LogP contribution >= 0.6 is 0 Å². The second kappa shape index (κ2) is 6.01. The van der Waals surface area contributed by atoms with Crippen molar-refractivity contribution in [2.24, 2.45) is 0 Å². The molecule has 2 aromatic heterocycles. The number of ether oxygens (including phenoxy) is 2. The number of para-hydroxylation sites is 2. The maximum Gasteiger partial charge on any atom is 0.164 e. The van der Waals surface area contributed by atoms with Gasteiger partial charge in [-0.1, -0.05) is 12.1 Å². The van der Waals surface area contributed by atoms with E-state index >= 15 is 0 Å². The molecule has 0 bridgehead atoms. The van der Waals surface area contributed by atoms with Gasteiger partial charge in [0.05, 0.1) is 12.8 Å². The van der Waals surface area contributed by atoms with Crippen LogP contribution in [0.2, 0.25) is 0 Å². The van der Waals surface area contributed by atoms with Gasteiger partial charge in [-0.3, -0.25) is 4.57 Å². The topological polar surface area (TPSA) is 49.2 Å². The van der Waals surface area contributed by atoms with E-state index < -0.39 is 0 Å². The van der Waals surface area contributed by atoms with Crippen LogP contribution in [0, 0.1) is 0 Å². The molecule has 0 saturated carbocycles. The van der Waals surface area contributed by atoms with Crippen molar-refractivity contribution in [3.8, 4) is 11.4 Å². The fourth-order valence-electron chi connectivity index (χ4n) is 3.14. The van der Waals surface area contributed by atoms with Crippen LogP contribution in [0.1, 0.15) is 31.2 Å². The first-order valence-corrected chi connectivity index (χ1v) is 7.97. The number of benzene rings is 1. The third-order valence-corrected chi connectivity index (χ3v) is 4.24. The van der Waals surface area contributed by atoms with Crippen molar-refractivity contribution in [2.45, 2.75) is 25.4 Å². The van der Waals surface area contributed by atoms with Gasteiger partial charge in [0, 0.05) is 12.8 Å². The quantitative estimate of drug-likeness (QED) is 0.740. The Balaban J connectivity index is 1.95. The SMILES string of the molecule is COc1ccccc1-n1c(C2CCCCO2)nc2cccnc21. The number of fused-ring (bicyclic) bond motifs is 1. The van der Waals surface area contributed by atoms with Crippen LogP contribution in [0.5, 0.6) is 5.75 Å². The molecule has 3 aromatic rings. The Labute approximate surface area is 134 Å². The van der Waals surface area contributed by atoms with E-state index in [0.717, 1.165) is 54.3 Å². The van der Waals surface area contributed by atoms with E-state index in [4.69, 9.17) is 14.5 Å². The molecular weight excluding hydrogens is 290 g/mol. The molecule has 23 heavy (non-hydrogen) atoms. The van der Waals surface area contributed by atoms with Crippen LogP contribution < -0.4 is 4.74 Å². The Morgan fingerprint density at radius 1 is 1.17 bits per heavy atom. The number of rotatable bonds is 3. The van der Waals surface area contributed by atoms with E-state index in [-0.39, 0.29) is 6.10 Å².